The maximum atomic E-state index is 11.1. The van der Waals surface area contributed by atoms with Crippen LogP contribution in [0.4, 0.5) is 0 Å². The molecule has 2 aromatic rings. The minimum atomic E-state index is -0.420. The Morgan fingerprint density at radius 1 is 1.39 bits per heavy atom. The van der Waals surface area contributed by atoms with E-state index < -0.39 is 5.91 Å². The normalized spacial score (nSPS) is 14.5. The van der Waals surface area contributed by atoms with Crippen molar-refractivity contribution in [2.75, 3.05) is 13.1 Å². The van der Waals surface area contributed by atoms with E-state index in [1.165, 1.54) is 0 Å². The number of hydrogen-bond acceptors (Lipinski definition) is 5. The molecule has 0 radical (unpaired) electrons. The molecule has 3 heterocycles. The van der Waals surface area contributed by atoms with Crippen LogP contribution in [0, 0.1) is 0 Å². The van der Waals surface area contributed by atoms with Gasteiger partial charge in [-0.2, -0.15) is 5.10 Å². The average Bonchev–Trinajstić information content (AvgIpc) is 3.02. The monoisotopic (exact) mass is 317 g/mol. The topological polar surface area (TPSA) is 104 Å². The zero-order valence-electron chi connectivity index (χ0n) is 13.5. The molecule has 0 fully saturated rings. The SMILES string of the molecule is CCCCn1nc(CC(N)=O)nc1-c1cn2c(n1)CCNCC2. The van der Waals surface area contributed by atoms with E-state index >= 15 is 0 Å². The smallest absolute Gasteiger partial charge is 0.225 e. The Morgan fingerprint density at radius 2 is 2.26 bits per heavy atom. The number of nitrogens with two attached hydrogens (primary N) is 1. The molecule has 0 unspecified atom stereocenters. The molecule has 8 heteroatoms. The molecule has 1 amide bonds. The van der Waals surface area contributed by atoms with Gasteiger partial charge < -0.3 is 15.6 Å². The predicted octanol–water partition coefficient (Wildman–Crippen LogP) is 0.115. The van der Waals surface area contributed by atoms with E-state index in [1.54, 1.807) is 0 Å². The summed E-state index contributed by atoms with van der Waals surface area (Å²) in [5.74, 6) is 1.83. The van der Waals surface area contributed by atoms with Gasteiger partial charge in [0, 0.05) is 38.8 Å². The summed E-state index contributed by atoms with van der Waals surface area (Å²) in [5, 5.41) is 7.79. The van der Waals surface area contributed by atoms with Crippen molar-refractivity contribution in [3.63, 3.8) is 0 Å². The number of amides is 1. The number of nitrogens with zero attached hydrogens (tertiary/aromatic N) is 5. The summed E-state index contributed by atoms with van der Waals surface area (Å²) in [4.78, 5) is 20.4. The minimum Gasteiger partial charge on any atom is -0.369 e. The summed E-state index contributed by atoms with van der Waals surface area (Å²) in [7, 11) is 0. The average molecular weight is 317 g/mol. The Kier molecular flexibility index (Phi) is 4.71. The summed E-state index contributed by atoms with van der Waals surface area (Å²) in [6.45, 7) is 5.68. The number of imidazole rings is 1. The number of aromatic nitrogens is 5. The van der Waals surface area contributed by atoms with Crippen LogP contribution in [0.1, 0.15) is 31.4 Å². The highest BCUT2D eigenvalue weighted by Gasteiger charge is 2.18. The van der Waals surface area contributed by atoms with Gasteiger partial charge in [-0.25, -0.2) is 14.6 Å². The van der Waals surface area contributed by atoms with Gasteiger partial charge in [0.2, 0.25) is 5.91 Å². The predicted molar refractivity (Wildman–Crippen MR) is 85.6 cm³/mol. The first-order valence-corrected chi connectivity index (χ1v) is 8.16. The molecule has 1 aliphatic rings. The maximum Gasteiger partial charge on any atom is 0.225 e. The molecule has 0 bridgehead atoms. The molecule has 3 rings (SSSR count). The number of aryl methyl sites for hydroxylation is 1. The Labute approximate surface area is 135 Å². The van der Waals surface area contributed by atoms with Gasteiger partial charge in [0.05, 0.1) is 6.42 Å². The number of carbonyl (C=O) groups excluding carboxylic acids is 1. The first-order valence-electron chi connectivity index (χ1n) is 8.16. The van der Waals surface area contributed by atoms with Crippen molar-refractivity contribution in [3.8, 4) is 11.5 Å². The third kappa shape index (κ3) is 3.58. The molecule has 23 heavy (non-hydrogen) atoms. The second kappa shape index (κ2) is 6.91. The van der Waals surface area contributed by atoms with Crippen LogP contribution in [0.2, 0.25) is 0 Å². The van der Waals surface area contributed by atoms with Gasteiger partial charge in [0.15, 0.2) is 11.6 Å². The highest BCUT2D eigenvalue weighted by atomic mass is 16.1. The summed E-state index contributed by atoms with van der Waals surface area (Å²) >= 11 is 0. The van der Waals surface area contributed by atoms with Crippen LogP contribution in [0.5, 0.6) is 0 Å². The van der Waals surface area contributed by atoms with E-state index in [4.69, 9.17) is 10.7 Å². The molecule has 0 saturated carbocycles. The van der Waals surface area contributed by atoms with Gasteiger partial charge in [-0.15, -0.1) is 0 Å². The molecule has 8 nitrogen and oxygen atoms in total. The van der Waals surface area contributed by atoms with Crippen LogP contribution in [-0.2, 0) is 30.7 Å². The second-order valence-corrected chi connectivity index (χ2v) is 5.81. The zero-order valence-corrected chi connectivity index (χ0v) is 13.5. The van der Waals surface area contributed by atoms with Gasteiger partial charge in [0.1, 0.15) is 11.5 Å². The molecule has 0 aromatic carbocycles. The number of nitrogens with one attached hydrogen (secondary N) is 1. The summed E-state index contributed by atoms with van der Waals surface area (Å²) in [6, 6.07) is 0. The van der Waals surface area contributed by atoms with Gasteiger partial charge in [-0.1, -0.05) is 13.3 Å². The standard InChI is InChI=1S/C15H23N7O/c1-2-3-7-22-15(19-13(20-22)9-12(16)23)11-10-21-8-6-17-5-4-14(21)18-11/h10,17H,2-9H2,1H3,(H2,16,23). The largest absolute Gasteiger partial charge is 0.369 e. The highest BCUT2D eigenvalue weighted by molar-refractivity contribution is 5.75. The fourth-order valence-corrected chi connectivity index (χ4v) is 2.75. The van der Waals surface area contributed by atoms with Crippen LogP contribution >= 0.6 is 0 Å². The number of rotatable bonds is 6. The number of unbranched alkanes of at least 4 members (excludes halogenated alkanes) is 1. The van der Waals surface area contributed by atoms with Gasteiger partial charge in [-0.3, -0.25) is 4.79 Å². The van der Waals surface area contributed by atoms with E-state index in [0.717, 1.165) is 62.8 Å². The lowest BCUT2D eigenvalue weighted by molar-refractivity contribution is -0.117. The zero-order chi connectivity index (χ0) is 16.2. The third-order valence-electron chi connectivity index (χ3n) is 3.91. The van der Waals surface area contributed by atoms with Crippen LogP contribution in [0.25, 0.3) is 11.5 Å². The lowest BCUT2D eigenvalue weighted by Gasteiger charge is -2.02. The van der Waals surface area contributed by atoms with E-state index in [0.29, 0.717) is 5.82 Å². The molecule has 3 N–H and O–H groups in total. The molecule has 2 aromatic heterocycles. The molecular weight excluding hydrogens is 294 g/mol. The van der Waals surface area contributed by atoms with Crippen molar-refractivity contribution < 1.29 is 4.79 Å². The lowest BCUT2D eigenvalue weighted by atomic mass is 10.3. The Balaban J connectivity index is 1.93. The van der Waals surface area contributed by atoms with E-state index in [9.17, 15) is 4.79 Å². The molecule has 124 valence electrons. The van der Waals surface area contributed by atoms with Crippen molar-refractivity contribution >= 4 is 5.91 Å². The summed E-state index contributed by atoms with van der Waals surface area (Å²) < 4.78 is 4.02. The lowest BCUT2D eigenvalue weighted by Crippen LogP contribution is -2.17. The van der Waals surface area contributed by atoms with Gasteiger partial charge in [0.25, 0.3) is 0 Å². The van der Waals surface area contributed by atoms with E-state index in [2.05, 4.69) is 26.9 Å². The number of primary amides is 1. The quantitative estimate of drug-likeness (QED) is 0.787. The van der Waals surface area contributed by atoms with Crippen molar-refractivity contribution in [2.24, 2.45) is 5.73 Å². The van der Waals surface area contributed by atoms with Crippen LogP contribution in [0.15, 0.2) is 6.20 Å². The van der Waals surface area contributed by atoms with Crippen LogP contribution in [-0.4, -0.2) is 43.3 Å². The highest BCUT2D eigenvalue weighted by Crippen LogP contribution is 2.19. The Bertz CT molecular complexity index is 665. The molecule has 0 spiro atoms. The molecular formula is C15H23N7O. The first-order chi connectivity index (χ1) is 11.2. The summed E-state index contributed by atoms with van der Waals surface area (Å²) in [5.41, 5.74) is 6.09. The fourth-order valence-electron chi connectivity index (χ4n) is 2.75. The third-order valence-corrected chi connectivity index (χ3v) is 3.91. The van der Waals surface area contributed by atoms with Crippen LogP contribution in [0.3, 0.4) is 0 Å². The molecule has 0 aliphatic carbocycles. The first kappa shape index (κ1) is 15.7. The molecule has 0 atom stereocenters. The van der Waals surface area contributed by atoms with Crippen LogP contribution < -0.4 is 11.1 Å². The molecule has 0 saturated heterocycles. The van der Waals surface area contributed by atoms with Crippen molar-refractivity contribution in [2.45, 2.75) is 45.7 Å². The number of fused-ring (bicyclic) bond motifs is 1. The van der Waals surface area contributed by atoms with Crippen molar-refractivity contribution in [3.05, 3.63) is 17.8 Å². The van der Waals surface area contributed by atoms with Crippen molar-refractivity contribution in [1.29, 1.82) is 0 Å². The second-order valence-electron chi connectivity index (χ2n) is 5.81. The van der Waals surface area contributed by atoms with E-state index in [-0.39, 0.29) is 6.42 Å². The fraction of sp³-hybridized carbons (Fsp3) is 0.600. The van der Waals surface area contributed by atoms with Gasteiger partial charge >= 0.3 is 0 Å². The molecule has 1 aliphatic heterocycles. The Morgan fingerprint density at radius 3 is 3.04 bits per heavy atom. The number of hydrogen-bond donors (Lipinski definition) is 2. The number of carbonyl (C=O) groups is 1. The van der Waals surface area contributed by atoms with Crippen molar-refractivity contribution in [1.82, 2.24) is 29.6 Å². The maximum absolute atomic E-state index is 11.1. The Hall–Kier alpha value is -2.22. The summed E-state index contributed by atoms with van der Waals surface area (Å²) in [6.07, 6.45) is 5.06. The van der Waals surface area contributed by atoms with E-state index in [1.807, 2.05) is 10.9 Å². The van der Waals surface area contributed by atoms with Gasteiger partial charge in [-0.05, 0) is 6.42 Å². The minimum absolute atomic E-state index is 0.0591.